The second-order valence-electron chi connectivity index (χ2n) is 5.73. The molecule has 1 aromatic carbocycles. The molecule has 2 heterocycles. The summed E-state index contributed by atoms with van der Waals surface area (Å²) < 4.78 is 28.7. The molecular formula is C17H22O6S. The molecule has 2 aliphatic rings. The number of benzene rings is 1. The van der Waals surface area contributed by atoms with Gasteiger partial charge >= 0.3 is 5.97 Å². The minimum absolute atomic E-state index is 0.104. The Morgan fingerprint density at radius 1 is 1.25 bits per heavy atom. The molecule has 0 N–H and O–H groups in total. The molecule has 0 aliphatic carbocycles. The van der Waals surface area contributed by atoms with Gasteiger partial charge in [0.15, 0.2) is 18.7 Å². The quantitative estimate of drug-likeness (QED) is 0.768. The van der Waals surface area contributed by atoms with Crippen LogP contribution in [0.4, 0.5) is 0 Å². The van der Waals surface area contributed by atoms with E-state index in [9.17, 15) is 4.79 Å². The average Bonchev–Trinajstić information content (AvgIpc) is 2.61. The van der Waals surface area contributed by atoms with Crippen LogP contribution in [0, 0.1) is 0 Å². The van der Waals surface area contributed by atoms with Gasteiger partial charge in [0.2, 0.25) is 0 Å². The fourth-order valence-electron chi connectivity index (χ4n) is 3.10. The number of ether oxygens (including phenoxy) is 5. The zero-order chi connectivity index (χ0) is 17.1. The van der Waals surface area contributed by atoms with Gasteiger partial charge in [0, 0.05) is 19.6 Å². The minimum atomic E-state index is -0.631. The second kappa shape index (κ2) is 7.84. The summed E-state index contributed by atoms with van der Waals surface area (Å²) in [5, 5.41) is -0.104. The van der Waals surface area contributed by atoms with E-state index in [0.717, 1.165) is 5.56 Å². The molecule has 0 saturated carbocycles. The van der Waals surface area contributed by atoms with E-state index in [1.165, 1.54) is 14.0 Å². The van der Waals surface area contributed by atoms with Gasteiger partial charge in [-0.2, -0.15) is 11.8 Å². The molecule has 132 valence electrons. The van der Waals surface area contributed by atoms with Gasteiger partial charge in [-0.05, 0) is 6.26 Å². The largest absolute Gasteiger partial charge is 0.456 e. The van der Waals surface area contributed by atoms with Crippen molar-refractivity contribution in [1.29, 1.82) is 0 Å². The van der Waals surface area contributed by atoms with Crippen molar-refractivity contribution < 1.29 is 28.5 Å². The molecule has 3 rings (SSSR count). The fraction of sp³-hybridized carbons (Fsp3) is 0.588. The van der Waals surface area contributed by atoms with Gasteiger partial charge in [0.05, 0.1) is 11.9 Å². The Labute approximate surface area is 145 Å². The van der Waals surface area contributed by atoms with Crippen LogP contribution in [-0.4, -0.2) is 55.8 Å². The lowest BCUT2D eigenvalue weighted by Crippen LogP contribution is -2.61. The fourth-order valence-corrected chi connectivity index (χ4v) is 4.06. The summed E-state index contributed by atoms with van der Waals surface area (Å²) in [6.07, 6.45) is -0.171. The first-order chi connectivity index (χ1) is 11.6. The van der Waals surface area contributed by atoms with E-state index in [1.54, 1.807) is 11.8 Å². The van der Waals surface area contributed by atoms with E-state index in [0.29, 0.717) is 6.61 Å². The van der Waals surface area contributed by atoms with E-state index in [2.05, 4.69) is 0 Å². The van der Waals surface area contributed by atoms with Crippen molar-refractivity contribution in [1.82, 2.24) is 0 Å². The molecule has 2 fully saturated rings. The first kappa shape index (κ1) is 17.7. The average molecular weight is 354 g/mol. The Morgan fingerprint density at radius 2 is 2.00 bits per heavy atom. The zero-order valence-corrected chi connectivity index (χ0v) is 14.7. The van der Waals surface area contributed by atoms with Gasteiger partial charge in [0.25, 0.3) is 0 Å². The van der Waals surface area contributed by atoms with Gasteiger partial charge in [-0.25, -0.2) is 0 Å². The van der Waals surface area contributed by atoms with Gasteiger partial charge in [0.1, 0.15) is 12.2 Å². The summed E-state index contributed by atoms with van der Waals surface area (Å²) in [4.78, 5) is 11.5. The number of fused-ring (bicyclic) bond motifs is 1. The number of carbonyl (C=O) groups excluding carboxylic acids is 1. The number of hydrogen-bond acceptors (Lipinski definition) is 7. The third-order valence-electron chi connectivity index (χ3n) is 4.16. The lowest BCUT2D eigenvalue weighted by Gasteiger charge is -2.48. The number of hydrogen-bond donors (Lipinski definition) is 0. The van der Waals surface area contributed by atoms with Crippen molar-refractivity contribution in [2.45, 2.75) is 43.1 Å². The summed E-state index contributed by atoms with van der Waals surface area (Å²) in [5.74, 6) is -0.366. The summed E-state index contributed by atoms with van der Waals surface area (Å²) in [5.41, 5.74) is 0.953. The van der Waals surface area contributed by atoms with E-state index < -0.39 is 18.7 Å². The number of esters is 1. The maximum atomic E-state index is 11.5. The highest BCUT2D eigenvalue weighted by molar-refractivity contribution is 7.99. The molecule has 0 aromatic heterocycles. The van der Waals surface area contributed by atoms with Crippen LogP contribution >= 0.6 is 11.8 Å². The van der Waals surface area contributed by atoms with Gasteiger partial charge in [-0.3, -0.25) is 4.79 Å². The highest BCUT2D eigenvalue weighted by Gasteiger charge is 2.51. The predicted octanol–water partition coefficient (Wildman–Crippen LogP) is 2.14. The molecule has 24 heavy (non-hydrogen) atoms. The molecule has 0 spiro atoms. The molecule has 0 amide bonds. The van der Waals surface area contributed by atoms with E-state index >= 15 is 0 Å². The van der Waals surface area contributed by atoms with Crippen molar-refractivity contribution in [2.75, 3.05) is 20.0 Å². The number of carbonyl (C=O) groups is 1. The topological polar surface area (TPSA) is 63.2 Å². The molecule has 0 radical (unpaired) electrons. The van der Waals surface area contributed by atoms with E-state index in [4.69, 9.17) is 23.7 Å². The number of methoxy groups -OCH3 is 1. The monoisotopic (exact) mass is 354 g/mol. The lowest BCUT2D eigenvalue weighted by atomic mass is 10.00. The molecule has 1 aromatic rings. The van der Waals surface area contributed by atoms with Crippen LogP contribution in [0.2, 0.25) is 0 Å². The zero-order valence-electron chi connectivity index (χ0n) is 13.9. The van der Waals surface area contributed by atoms with Crippen molar-refractivity contribution in [2.24, 2.45) is 0 Å². The Bertz CT molecular complexity index is 553. The van der Waals surface area contributed by atoms with Gasteiger partial charge in [-0.15, -0.1) is 0 Å². The summed E-state index contributed by atoms with van der Waals surface area (Å²) >= 11 is 1.58. The minimum Gasteiger partial charge on any atom is -0.456 e. The Kier molecular flexibility index (Phi) is 5.78. The van der Waals surface area contributed by atoms with Crippen molar-refractivity contribution in [3.8, 4) is 0 Å². The van der Waals surface area contributed by atoms with Gasteiger partial charge in [-0.1, -0.05) is 30.3 Å². The Balaban J connectivity index is 1.80. The van der Waals surface area contributed by atoms with Crippen LogP contribution in [0.15, 0.2) is 30.3 Å². The normalized spacial score (nSPS) is 36.0. The highest BCUT2D eigenvalue weighted by Crippen LogP contribution is 2.39. The summed E-state index contributed by atoms with van der Waals surface area (Å²) in [7, 11) is 1.54. The first-order valence-electron chi connectivity index (χ1n) is 7.84. The molecular weight excluding hydrogens is 332 g/mol. The van der Waals surface area contributed by atoms with Crippen LogP contribution in [0.5, 0.6) is 0 Å². The Hall–Kier alpha value is -1.12. The molecule has 0 unspecified atom stereocenters. The molecule has 2 aliphatic heterocycles. The smallest absolute Gasteiger partial charge is 0.303 e. The lowest BCUT2D eigenvalue weighted by molar-refractivity contribution is -0.331. The number of rotatable bonds is 4. The summed E-state index contributed by atoms with van der Waals surface area (Å²) in [6.45, 7) is 1.78. The van der Waals surface area contributed by atoms with Gasteiger partial charge < -0.3 is 23.7 Å². The number of thioether (sulfide) groups is 1. The van der Waals surface area contributed by atoms with Crippen molar-refractivity contribution in [3.05, 3.63) is 35.9 Å². The maximum Gasteiger partial charge on any atom is 0.303 e. The van der Waals surface area contributed by atoms with Crippen molar-refractivity contribution in [3.63, 3.8) is 0 Å². The van der Waals surface area contributed by atoms with Crippen molar-refractivity contribution >= 4 is 17.7 Å². The standard InChI is InChI=1S/C17H22O6S/c1-10(18)21-14-15(24-3)13-12(22-17(14)19-2)9-20-16(23-13)11-7-5-4-6-8-11/h4-8,12-17H,9H2,1-3H3/t12-,13+,14-,15-,16+,17-/m1/s1. The van der Waals surface area contributed by atoms with Crippen LogP contribution < -0.4 is 0 Å². The van der Waals surface area contributed by atoms with Crippen LogP contribution in [0.25, 0.3) is 0 Å². The third kappa shape index (κ3) is 3.60. The van der Waals surface area contributed by atoms with Crippen LogP contribution in [0.1, 0.15) is 18.8 Å². The van der Waals surface area contributed by atoms with Crippen LogP contribution in [-0.2, 0) is 28.5 Å². The molecule has 0 bridgehead atoms. The molecule has 7 heteroatoms. The Morgan fingerprint density at radius 3 is 2.62 bits per heavy atom. The van der Waals surface area contributed by atoms with E-state index in [-0.39, 0.29) is 23.4 Å². The first-order valence-corrected chi connectivity index (χ1v) is 9.13. The molecule has 2 saturated heterocycles. The molecule has 6 atom stereocenters. The second-order valence-corrected chi connectivity index (χ2v) is 6.75. The molecule has 6 nitrogen and oxygen atoms in total. The van der Waals surface area contributed by atoms with E-state index in [1.807, 2.05) is 36.6 Å². The summed E-state index contributed by atoms with van der Waals surface area (Å²) in [6, 6.07) is 9.76. The SMILES string of the molecule is CO[C@@H]1O[C@@H]2CO[C@H](c3ccccc3)O[C@@H]2[C@@H](SC)[C@H]1OC(C)=O. The highest BCUT2D eigenvalue weighted by atomic mass is 32.2. The third-order valence-corrected chi connectivity index (χ3v) is 5.24. The predicted molar refractivity (Wildman–Crippen MR) is 88.5 cm³/mol. The van der Waals surface area contributed by atoms with Crippen LogP contribution in [0.3, 0.4) is 0 Å². The maximum absolute atomic E-state index is 11.5.